The second-order valence-corrected chi connectivity index (χ2v) is 8.19. The van der Waals surface area contributed by atoms with Gasteiger partial charge in [0.2, 0.25) is 5.95 Å². The van der Waals surface area contributed by atoms with Crippen molar-refractivity contribution >= 4 is 29.6 Å². The number of anilines is 2. The molecule has 31 heavy (non-hydrogen) atoms. The van der Waals surface area contributed by atoms with Crippen LogP contribution in [0, 0.1) is 0 Å². The van der Waals surface area contributed by atoms with E-state index in [0.29, 0.717) is 29.9 Å². The first-order valence-corrected chi connectivity index (χ1v) is 11.3. The topological polar surface area (TPSA) is 104 Å². The summed E-state index contributed by atoms with van der Waals surface area (Å²) in [6, 6.07) is 0.965. The Labute approximate surface area is 187 Å². The summed E-state index contributed by atoms with van der Waals surface area (Å²) in [5, 5.41) is 3.97. The first-order chi connectivity index (χ1) is 15.1. The summed E-state index contributed by atoms with van der Waals surface area (Å²) in [4.78, 5) is 35.3. The number of aryl methyl sites for hydroxylation is 1. The fourth-order valence-corrected chi connectivity index (χ4v) is 4.42. The monoisotopic (exact) mass is 448 g/mol. The summed E-state index contributed by atoms with van der Waals surface area (Å²) in [5.41, 5.74) is 0.517. The summed E-state index contributed by atoms with van der Waals surface area (Å²) in [6.07, 6.45) is 6.66. The number of halogens is 1. The Balaban J connectivity index is 1.36. The van der Waals surface area contributed by atoms with Gasteiger partial charge in [-0.25, -0.2) is 14.8 Å². The molecule has 11 heteroatoms. The van der Waals surface area contributed by atoms with Crippen molar-refractivity contribution in [3.05, 3.63) is 23.8 Å². The molecule has 4 heterocycles. The van der Waals surface area contributed by atoms with Gasteiger partial charge in [-0.3, -0.25) is 4.79 Å². The summed E-state index contributed by atoms with van der Waals surface area (Å²) >= 11 is 5.72. The molecule has 2 aliphatic heterocycles. The molecule has 0 saturated carbocycles. The lowest BCUT2D eigenvalue weighted by molar-refractivity contribution is 0.0661. The molecule has 0 aliphatic carbocycles. The van der Waals surface area contributed by atoms with Crippen LogP contribution in [-0.4, -0.2) is 75.7 Å². The van der Waals surface area contributed by atoms with E-state index in [9.17, 15) is 4.79 Å². The molecule has 1 amide bonds. The summed E-state index contributed by atoms with van der Waals surface area (Å²) in [6.45, 7) is 7.81. The van der Waals surface area contributed by atoms with Crippen LogP contribution in [0.25, 0.3) is 0 Å². The van der Waals surface area contributed by atoms with Gasteiger partial charge < -0.3 is 19.2 Å². The maximum absolute atomic E-state index is 13.2. The van der Waals surface area contributed by atoms with Crippen molar-refractivity contribution in [2.24, 2.45) is 0 Å². The van der Waals surface area contributed by atoms with Gasteiger partial charge in [0.05, 0.1) is 5.56 Å². The molecule has 10 nitrogen and oxygen atoms in total. The molecule has 0 aromatic carbocycles. The Morgan fingerprint density at radius 2 is 1.90 bits per heavy atom. The van der Waals surface area contributed by atoms with Crippen molar-refractivity contribution in [2.45, 2.75) is 51.6 Å². The smallest absolute Gasteiger partial charge is 0.324 e. The molecular formula is C20H29ClN8O2. The van der Waals surface area contributed by atoms with Gasteiger partial charge in [0, 0.05) is 63.6 Å². The minimum atomic E-state index is -0.0275. The van der Waals surface area contributed by atoms with Crippen LogP contribution < -0.4 is 14.6 Å². The molecule has 2 aromatic rings. The number of rotatable bonds is 7. The van der Waals surface area contributed by atoms with Crippen molar-refractivity contribution in [3.63, 3.8) is 0 Å². The van der Waals surface area contributed by atoms with Crippen LogP contribution in [0.2, 0.25) is 0 Å². The molecule has 0 radical (unpaired) electrons. The average molecular weight is 449 g/mol. The van der Waals surface area contributed by atoms with Crippen LogP contribution in [0.1, 0.15) is 49.3 Å². The van der Waals surface area contributed by atoms with E-state index in [0.717, 1.165) is 51.9 Å². The van der Waals surface area contributed by atoms with E-state index in [1.165, 1.54) is 0 Å². The number of hydrogen-bond donors (Lipinski definition) is 1. The minimum Gasteiger partial charge on any atom is -0.339 e. The van der Waals surface area contributed by atoms with Crippen LogP contribution in [-0.2, 0) is 6.42 Å². The van der Waals surface area contributed by atoms with Crippen LogP contribution in [0.4, 0.5) is 12.0 Å². The van der Waals surface area contributed by atoms with Gasteiger partial charge in [0.15, 0.2) is 5.82 Å². The highest BCUT2D eigenvalue weighted by atomic mass is 35.5. The predicted molar refractivity (Wildman–Crippen MR) is 117 cm³/mol. The average Bonchev–Trinajstić information content (AvgIpc) is 3.50. The third kappa shape index (κ3) is 4.74. The molecule has 0 spiro atoms. The van der Waals surface area contributed by atoms with E-state index in [-0.39, 0.29) is 18.0 Å². The summed E-state index contributed by atoms with van der Waals surface area (Å²) in [7, 11) is 0. The maximum Gasteiger partial charge on any atom is 0.324 e. The number of amides is 1. The molecular weight excluding hydrogens is 420 g/mol. The summed E-state index contributed by atoms with van der Waals surface area (Å²) < 4.78 is 5.35. The molecule has 1 N–H and O–H groups in total. The van der Waals surface area contributed by atoms with Crippen LogP contribution in [0.3, 0.4) is 0 Å². The van der Waals surface area contributed by atoms with E-state index in [1.54, 1.807) is 12.4 Å². The molecule has 1 unspecified atom stereocenters. The van der Waals surface area contributed by atoms with Gasteiger partial charge in [-0.1, -0.05) is 12.1 Å². The lowest BCUT2D eigenvalue weighted by Crippen LogP contribution is -2.47. The second-order valence-electron chi connectivity index (χ2n) is 7.97. The SMILES string of the molecule is CCc1noc(N2CCC(N(CC)C(=O)c3cnc(N4CCC(NCl)C4)nc3)CC2)n1. The molecule has 4 rings (SSSR count). The van der Waals surface area contributed by atoms with Gasteiger partial charge in [0.1, 0.15) is 0 Å². The van der Waals surface area contributed by atoms with Gasteiger partial charge in [0.25, 0.3) is 5.91 Å². The minimum absolute atomic E-state index is 0.0275. The van der Waals surface area contributed by atoms with E-state index in [2.05, 4.69) is 34.7 Å². The van der Waals surface area contributed by atoms with Crippen LogP contribution >= 0.6 is 11.8 Å². The van der Waals surface area contributed by atoms with Gasteiger partial charge in [-0.15, -0.1) is 0 Å². The third-order valence-corrected chi connectivity index (χ3v) is 6.37. The predicted octanol–water partition coefficient (Wildman–Crippen LogP) is 1.88. The lowest BCUT2D eigenvalue weighted by Gasteiger charge is -2.37. The second kappa shape index (κ2) is 9.78. The molecule has 2 fully saturated rings. The van der Waals surface area contributed by atoms with Crippen molar-refractivity contribution in [1.82, 2.24) is 29.8 Å². The highest BCUT2D eigenvalue weighted by molar-refractivity contribution is 6.13. The molecule has 2 saturated heterocycles. The Morgan fingerprint density at radius 1 is 1.19 bits per heavy atom. The fourth-order valence-electron chi connectivity index (χ4n) is 4.25. The first-order valence-electron chi connectivity index (χ1n) is 10.9. The lowest BCUT2D eigenvalue weighted by atomic mass is 10.0. The van der Waals surface area contributed by atoms with Crippen LogP contribution in [0.5, 0.6) is 0 Å². The fraction of sp³-hybridized carbons (Fsp3) is 0.650. The number of aromatic nitrogens is 4. The Kier molecular flexibility index (Phi) is 6.86. The van der Waals surface area contributed by atoms with E-state index >= 15 is 0 Å². The molecule has 168 valence electrons. The number of nitrogens with one attached hydrogen (secondary N) is 1. The summed E-state index contributed by atoms with van der Waals surface area (Å²) in [5.74, 6) is 1.32. The number of carbonyl (C=O) groups excluding carboxylic acids is 1. The first kappa shape index (κ1) is 21.8. The van der Waals surface area contributed by atoms with Crippen LogP contribution in [0.15, 0.2) is 16.9 Å². The zero-order valence-electron chi connectivity index (χ0n) is 18.0. The Morgan fingerprint density at radius 3 is 2.48 bits per heavy atom. The van der Waals surface area contributed by atoms with E-state index < -0.39 is 0 Å². The number of carbonyl (C=O) groups is 1. The molecule has 1 atom stereocenters. The molecule has 2 aromatic heterocycles. The number of piperidine rings is 1. The van der Waals surface area contributed by atoms with E-state index in [1.807, 2.05) is 18.7 Å². The Bertz CT molecular complexity index is 868. The van der Waals surface area contributed by atoms with Gasteiger partial charge in [-0.05, 0) is 38.0 Å². The number of nitrogens with zero attached hydrogens (tertiary/aromatic N) is 7. The highest BCUT2D eigenvalue weighted by Crippen LogP contribution is 2.23. The van der Waals surface area contributed by atoms with Crippen molar-refractivity contribution in [2.75, 3.05) is 42.5 Å². The normalized spacial score (nSPS) is 19.8. The Hall–Kier alpha value is -2.46. The quantitative estimate of drug-likeness (QED) is 0.635. The zero-order chi connectivity index (χ0) is 21.8. The van der Waals surface area contributed by atoms with E-state index in [4.69, 9.17) is 16.3 Å². The zero-order valence-corrected chi connectivity index (χ0v) is 18.8. The van der Waals surface area contributed by atoms with Crippen molar-refractivity contribution in [1.29, 1.82) is 0 Å². The highest BCUT2D eigenvalue weighted by Gasteiger charge is 2.30. The van der Waals surface area contributed by atoms with Gasteiger partial charge >= 0.3 is 6.01 Å². The van der Waals surface area contributed by atoms with Gasteiger partial charge in [-0.2, -0.15) is 4.98 Å². The third-order valence-electron chi connectivity index (χ3n) is 6.06. The standard InChI is InChI=1S/C20H29ClN8O2/c1-3-17-24-20(31-26-17)27-9-6-16(7-10-27)29(4-2)18(30)14-11-22-19(23-12-14)28-8-5-15(13-28)25-21/h11-12,15-16,25H,3-10,13H2,1-2H3. The molecule has 2 aliphatic rings. The van der Waals surface area contributed by atoms with Crippen molar-refractivity contribution < 1.29 is 9.32 Å². The molecule has 0 bridgehead atoms. The number of hydrogen-bond acceptors (Lipinski definition) is 9. The largest absolute Gasteiger partial charge is 0.339 e. The van der Waals surface area contributed by atoms with Crippen molar-refractivity contribution in [3.8, 4) is 0 Å². The maximum atomic E-state index is 13.2.